The quantitative estimate of drug-likeness (QED) is 0.694. The second-order valence-electron chi connectivity index (χ2n) is 7.07. The Morgan fingerprint density at radius 2 is 2.12 bits per heavy atom. The monoisotopic (exact) mass is 350 g/mol. The van der Waals surface area contributed by atoms with E-state index in [-0.39, 0.29) is 0 Å². The summed E-state index contributed by atoms with van der Waals surface area (Å²) in [4.78, 5) is 4.42. The topological polar surface area (TPSA) is 44.9 Å². The molecule has 1 aromatic carbocycles. The molecule has 0 atom stereocenters. The highest BCUT2D eigenvalue weighted by Crippen LogP contribution is 2.29. The highest BCUT2D eigenvalue weighted by atomic mass is 16.5. The van der Waals surface area contributed by atoms with Gasteiger partial charge in [-0.3, -0.25) is 4.68 Å². The largest absolute Gasteiger partial charge is 0.493 e. The summed E-state index contributed by atoms with van der Waals surface area (Å²) in [5.74, 6) is 1.04. The SMILES string of the molecule is CCCn1nc(C)c(-c2cncn2Cc2ccc3c(c2)CCCO3)c1C. The van der Waals surface area contributed by atoms with E-state index in [9.17, 15) is 0 Å². The lowest BCUT2D eigenvalue weighted by Gasteiger charge is -2.18. The molecule has 5 nitrogen and oxygen atoms in total. The van der Waals surface area contributed by atoms with Crippen molar-refractivity contribution >= 4 is 0 Å². The number of aromatic nitrogens is 4. The fraction of sp³-hybridized carbons (Fsp3) is 0.429. The fourth-order valence-corrected chi connectivity index (χ4v) is 3.86. The minimum absolute atomic E-state index is 0.806. The molecule has 0 aliphatic carbocycles. The number of hydrogen-bond donors (Lipinski definition) is 0. The lowest BCUT2D eigenvalue weighted by Crippen LogP contribution is -2.09. The molecule has 0 bridgehead atoms. The first-order valence-electron chi connectivity index (χ1n) is 9.46. The molecule has 26 heavy (non-hydrogen) atoms. The van der Waals surface area contributed by atoms with Crippen LogP contribution in [0.15, 0.2) is 30.7 Å². The van der Waals surface area contributed by atoms with Gasteiger partial charge in [-0.2, -0.15) is 5.10 Å². The molecule has 0 fully saturated rings. The molecule has 0 saturated carbocycles. The first kappa shape index (κ1) is 16.9. The zero-order valence-electron chi connectivity index (χ0n) is 15.8. The molecule has 2 aromatic heterocycles. The van der Waals surface area contributed by atoms with Crippen LogP contribution in [0.4, 0.5) is 0 Å². The number of hydrogen-bond acceptors (Lipinski definition) is 3. The molecule has 0 amide bonds. The lowest BCUT2D eigenvalue weighted by molar-refractivity contribution is 0.288. The van der Waals surface area contributed by atoms with Gasteiger partial charge >= 0.3 is 0 Å². The van der Waals surface area contributed by atoms with Crippen LogP contribution >= 0.6 is 0 Å². The number of benzene rings is 1. The lowest BCUT2D eigenvalue weighted by atomic mass is 10.0. The third-order valence-corrected chi connectivity index (χ3v) is 5.11. The number of aryl methyl sites for hydroxylation is 3. The summed E-state index contributed by atoms with van der Waals surface area (Å²) in [5.41, 5.74) is 7.22. The highest BCUT2D eigenvalue weighted by Gasteiger charge is 2.17. The average molecular weight is 350 g/mol. The predicted octanol–water partition coefficient (Wildman–Crippen LogP) is 4.15. The Kier molecular flexibility index (Phi) is 4.53. The molecule has 5 heteroatoms. The number of nitrogens with zero attached hydrogens (tertiary/aromatic N) is 4. The van der Waals surface area contributed by atoms with E-state index in [0.29, 0.717) is 0 Å². The van der Waals surface area contributed by atoms with E-state index in [0.717, 1.165) is 56.1 Å². The van der Waals surface area contributed by atoms with Crippen LogP contribution < -0.4 is 4.74 Å². The Labute approximate surface area is 154 Å². The maximum atomic E-state index is 5.73. The van der Waals surface area contributed by atoms with Crippen molar-refractivity contribution in [3.8, 4) is 17.0 Å². The van der Waals surface area contributed by atoms with E-state index in [1.165, 1.54) is 22.4 Å². The highest BCUT2D eigenvalue weighted by molar-refractivity contribution is 5.65. The maximum absolute atomic E-state index is 5.73. The second kappa shape index (κ2) is 6.98. The van der Waals surface area contributed by atoms with Gasteiger partial charge in [0.05, 0.1) is 30.5 Å². The summed E-state index contributed by atoms with van der Waals surface area (Å²) in [6, 6.07) is 6.54. The zero-order chi connectivity index (χ0) is 18.1. The van der Waals surface area contributed by atoms with Gasteiger partial charge in [-0.25, -0.2) is 4.98 Å². The summed E-state index contributed by atoms with van der Waals surface area (Å²) in [6.45, 7) is 9.01. The van der Waals surface area contributed by atoms with Gasteiger partial charge in [-0.1, -0.05) is 19.1 Å². The van der Waals surface area contributed by atoms with Crippen LogP contribution in [-0.2, 0) is 19.5 Å². The smallest absolute Gasteiger partial charge is 0.122 e. The molecule has 0 spiro atoms. The van der Waals surface area contributed by atoms with Gasteiger partial charge in [0.2, 0.25) is 0 Å². The first-order valence-corrected chi connectivity index (χ1v) is 9.46. The normalized spacial score (nSPS) is 13.5. The molecule has 3 heterocycles. The van der Waals surface area contributed by atoms with Crippen molar-refractivity contribution in [2.45, 2.75) is 53.1 Å². The number of fused-ring (bicyclic) bond motifs is 1. The summed E-state index contributed by atoms with van der Waals surface area (Å²) >= 11 is 0. The summed E-state index contributed by atoms with van der Waals surface area (Å²) in [7, 11) is 0. The van der Waals surface area contributed by atoms with E-state index in [4.69, 9.17) is 9.84 Å². The molecule has 0 radical (unpaired) electrons. The summed E-state index contributed by atoms with van der Waals surface area (Å²) < 4.78 is 10.1. The molecule has 0 N–H and O–H groups in total. The minimum atomic E-state index is 0.806. The standard InChI is InChI=1S/C21H26N4O/c1-4-9-25-16(3)21(15(2)23-25)19-12-22-14-24(19)13-17-7-8-20-18(11-17)6-5-10-26-20/h7-8,11-12,14H,4-6,9-10,13H2,1-3H3. The van der Waals surface area contributed by atoms with Crippen LogP contribution in [0.3, 0.4) is 0 Å². The first-order chi connectivity index (χ1) is 12.7. The zero-order valence-corrected chi connectivity index (χ0v) is 15.8. The Hall–Kier alpha value is -2.56. The van der Waals surface area contributed by atoms with E-state index < -0.39 is 0 Å². The van der Waals surface area contributed by atoms with E-state index in [1.807, 2.05) is 12.5 Å². The Balaban J connectivity index is 1.66. The summed E-state index contributed by atoms with van der Waals surface area (Å²) in [6.07, 6.45) is 7.15. The molecular formula is C21H26N4O. The number of ether oxygens (including phenoxy) is 1. The maximum Gasteiger partial charge on any atom is 0.122 e. The number of rotatable bonds is 5. The van der Waals surface area contributed by atoms with Crippen molar-refractivity contribution < 1.29 is 4.74 Å². The third kappa shape index (κ3) is 3.02. The fourth-order valence-electron chi connectivity index (χ4n) is 3.86. The van der Waals surface area contributed by atoms with E-state index in [2.05, 4.69) is 53.2 Å². The van der Waals surface area contributed by atoms with Crippen LogP contribution in [0.5, 0.6) is 5.75 Å². The van der Waals surface area contributed by atoms with Crippen molar-refractivity contribution in [2.75, 3.05) is 6.61 Å². The van der Waals surface area contributed by atoms with Gasteiger partial charge in [0, 0.05) is 24.3 Å². The van der Waals surface area contributed by atoms with Gasteiger partial charge in [-0.15, -0.1) is 0 Å². The van der Waals surface area contributed by atoms with Gasteiger partial charge in [-0.05, 0) is 50.3 Å². The third-order valence-electron chi connectivity index (χ3n) is 5.11. The van der Waals surface area contributed by atoms with Gasteiger partial charge in [0.25, 0.3) is 0 Å². The van der Waals surface area contributed by atoms with Crippen molar-refractivity contribution in [3.05, 3.63) is 53.2 Å². The summed E-state index contributed by atoms with van der Waals surface area (Å²) in [5, 5.41) is 4.72. The van der Waals surface area contributed by atoms with Crippen LogP contribution in [0.1, 0.15) is 42.3 Å². The van der Waals surface area contributed by atoms with Crippen molar-refractivity contribution in [1.82, 2.24) is 19.3 Å². The molecule has 1 aliphatic heterocycles. The molecule has 1 aliphatic rings. The van der Waals surface area contributed by atoms with Gasteiger partial charge < -0.3 is 9.30 Å². The van der Waals surface area contributed by atoms with E-state index >= 15 is 0 Å². The van der Waals surface area contributed by atoms with Crippen molar-refractivity contribution in [1.29, 1.82) is 0 Å². The molecule has 0 unspecified atom stereocenters. The van der Waals surface area contributed by atoms with Gasteiger partial charge in [0.1, 0.15) is 5.75 Å². The Bertz CT molecular complexity index is 922. The molecule has 3 aromatic rings. The van der Waals surface area contributed by atoms with Crippen molar-refractivity contribution in [2.24, 2.45) is 0 Å². The molecule has 4 rings (SSSR count). The number of imidazole rings is 1. The minimum Gasteiger partial charge on any atom is -0.493 e. The van der Waals surface area contributed by atoms with Crippen LogP contribution in [-0.4, -0.2) is 25.9 Å². The molecule has 0 saturated heterocycles. The Morgan fingerprint density at radius 3 is 2.96 bits per heavy atom. The van der Waals surface area contributed by atoms with Crippen LogP contribution in [0, 0.1) is 13.8 Å². The predicted molar refractivity (Wildman–Crippen MR) is 103 cm³/mol. The average Bonchev–Trinajstić information content (AvgIpc) is 3.19. The van der Waals surface area contributed by atoms with E-state index in [1.54, 1.807) is 0 Å². The van der Waals surface area contributed by atoms with Crippen molar-refractivity contribution in [3.63, 3.8) is 0 Å². The van der Waals surface area contributed by atoms with Crippen LogP contribution in [0.25, 0.3) is 11.3 Å². The second-order valence-corrected chi connectivity index (χ2v) is 7.07. The van der Waals surface area contributed by atoms with Crippen LogP contribution in [0.2, 0.25) is 0 Å². The Morgan fingerprint density at radius 1 is 1.23 bits per heavy atom. The molecular weight excluding hydrogens is 324 g/mol. The van der Waals surface area contributed by atoms with Gasteiger partial charge in [0.15, 0.2) is 0 Å². The molecule has 136 valence electrons.